The minimum atomic E-state index is 0.431. The highest BCUT2D eigenvalue weighted by atomic mass is 16.6. The van der Waals surface area contributed by atoms with Gasteiger partial charge in [0.1, 0.15) is 6.61 Å². The van der Waals surface area contributed by atoms with Crippen molar-refractivity contribution in [1.29, 1.82) is 0 Å². The molecule has 0 heterocycles. The largest absolute Gasteiger partial charge is 0.493 e. The summed E-state index contributed by atoms with van der Waals surface area (Å²) in [7, 11) is 3.17. The second kappa shape index (κ2) is 10.3. The fraction of sp³-hybridized carbons (Fsp3) is 0.571. The Labute approximate surface area is 119 Å². The normalized spacial score (nSPS) is 10.3. The number of methoxy groups -OCH3 is 2. The zero-order valence-electron chi connectivity index (χ0n) is 12.1. The molecule has 20 heavy (non-hydrogen) atoms. The molecule has 0 aliphatic heterocycles. The molecule has 0 atom stereocenters. The lowest BCUT2D eigenvalue weighted by Crippen LogP contribution is -2.14. The third-order valence-electron chi connectivity index (χ3n) is 2.49. The van der Waals surface area contributed by atoms with Crippen molar-refractivity contribution in [2.45, 2.75) is 0 Å². The van der Waals surface area contributed by atoms with Crippen molar-refractivity contribution in [3.63, 3.8) is 0 Å². The molecule has 0 spiro atoms. The summed E-state index contributed by atoms with van der Waals surface area (Å²) >= 11 is 0. The molecule has 1 aromatic carbocycles. The van der Waals surface area contributed by atoms with Crippen molar-refractivity contribution < 1.29 is 23.7 Å². The van der Waals surface area contributed by atoms with Crippen LogP contribution in [0.25, 0.3) is 0 Å². The second-order valence-corrected chi connectivity index (χ2v) is 3.85. The zero-order valence-corrected chi connectivity index (χ0v) is 12.1. The fourth-order valence-corrected chi connectivity index (χ4v) is 1.59. The molecule has 0 saturated heterocycles. The monoisotopic (exact) mass is 285 g/mol. The molecule has 0 aromatic heterocycles. The van der Waals surface area contributed by atoms with Crippen LogP contribution in [0.1, 0.15) is 0 Å². The van der Waals surface area contributed by atoms with Crippen molar-refractivity contribution in [3.05, 3.63) is 18.2 Å². The van der Waals surface area contributed by atoms with Crippen LogP contribution >= 0.6 is 0 Å². The third-order valence-corrected chi connectivity index (χ3v) is 2.49. The molecule has 0 radical (unpaired) electrons. The molecule has 6 heteroatoms. The quantitative estimate of drug-likeness (QED) is 0.613. The third kappa shape index (κ3) is 5.64. The van der Waals surface area contributed by atoms with Crippen LogP contribution in [-0.2, 0) is 9.47 Å². The maximum absolute atomic E-state index is 5.61. The van der Waals surface area contributed by atoms with Gasteiger partial charge in [0.15, 0.2) is 11.5 Å². The van der Waals surface area contributed by atoms with E-state index in [1.807, 2.05) is 18.2 Å². The Morgan fingerprint density at radius 3 is 2.15 bits per heavy atom. The van der Waals surface area contributed by atoms with Gasteiger partial charge in [-0.3, -0.25) is 0 Å². The van der Waals surface area contributed by atoms with Gasteiger partial charge >= 0.3 is 0 Å². The summed E-state index contributed by atoms with van der Waals surface area (Å²) in [6.07, 6.45) is 0. The standard InChI is InChI=1S/C14H23NO5/c1-16-12-4-3-5-13(14(12)17-2)20-11-10-19-9-8-18-7-6-15/h3-5H,6-11,15H2,1-2H3. The molecule has 6 nitrogen and oxygen atoms in total. The maximum atomic E-state index is 5.61. The van der Waals surface area contributed by atoms with Gasteiger partial charge in [0.05, 0.1) is 40.6 Å². The average Bonchev–Trinajstić information content (AvgIpc) is 2.49. The molecule has 0 aliphatic carbocycles. The summed E-state index contributed by atoms with van der Waals surface area (Å²) in [6.45, 7) is 3.06. The van der Waals surface area contributed by atoms with E-state index in [9.17, 15) is 0 Å². The highest BCUT2D eigenvalue weighted by molar-refractivity contribution is 5.50. The van der Waals surface area contributed by atoms with Crippen LogP contribution in [0.2, 0.25) is 0 Å². The molecular weight excluding hydrogens is 262 g/mol. The van der Waals surface area contributed by atoms with Crippen LogP contribution in [0.15, 0.2) is 18.2 Å². The topological polar surface area (TPSA) is 72.2 Å². The Morgan fingerprint density at radius 1 is 0.850 bits per heavy atom. The van der Waals surface area contributed by atoms with E-state index in [1.165, 1.54) is 0 Å². The van der Waals surface area contributed by atoms with Crippen LogP contribution in [0, 0.1) is 0 Å². The molecule has 1 aromatic rings. The van der Waals surface area contributed by atoms with Crippen molar-refractivity contribution in [2.75, 3.05) is 53.8 Å². The van der Waals surface area contributed by atoms with Crippen molar-refractivity contribution in [2.24, 2.45) is 5.73 Å². The van der Waals surface area contributed by atoms with E-state index in [0.29, 0.717) is 56.8 Å². The summed E-state index contributed by atoms with van der Waals surface area (Å²) < 4.78 is 26.6. The lowest BCUT2D eigenvalue weighted by Gasteiger charge is -2.13. The first-order valence-electron chi connectivity index (χ1n) is 6.52. The van der Waals surface area contributed by atoms with E-state index < -0.39 is 0 Å². The molecule has 2 N–H and O–H groups in total. The van der Waals surface area contributed by atoms with Gasteiger partial charge in [-0.2, -0.15) is 0 Å². The lowest BCUT2D eigenvalue weighted by atomic mass is 10.3. The van der Waals surface area contributed by atoms with Crippen molar-refractivity contribution in [1.82, 2.24) is 0 Å². The molecule has 0 saturated carbocycles. The van der Waals surface area contributed by atoms with Gasteiger partial charge in [0.2, 0.25) is 5.75 Å². The van der Waals surface area contributed by atoms with Crippen LogP contribution in [0.3, 0.4) is 0 Å². The second-order valence-electron chi connectivity index (χ2n) is 3.85. The number of benzene rings is 1. The number of para-hydroxylation sites is 1. The fourth-order valence-electron chi connectivity index (χ4n) is 1.59. The molecule has 114 valence electrons. The molecular formula is C14H23NO5. The summed E-state index contributed by atoms with van der Waals surface area (Å²) in [6, 6.07) is 5.49. The van der Waals surface area contributed by atoms with Gasteiger partial charge in [-0.1, -0.05) is 6.07 Å². The van der Waals surface area contributed by atoms with E-state index in [4.69, 9.17) is 29.4 Å². The average molecular weight is 285 g/mol. The van der Waals surface area contributed by atoms with Crippen LogP contribution < -0.4 is 19.9 Å². The van der Waals surface area contributed by atoms with Crippen LogP contribution in [0.4, 0.5) is 0 Å². The van der Waals surface area contributed by atoms with Crippen molar-refractivity contribution in [3.8, 4) is 17.2 Å². The minimum absolute atomic E-state index is 0.431. The van der Waals surface area contributed by atoms with Crippen LogP contribution in [0.5, 0.6) is 17.2 Å². The molecule has 0 amide bonds. The first-order chi connectivity index (χ1) is 9.83. The number of hydrogen-bond acceptors (Lipinski definition) is 6. The predicted molar refractivity (Wildman–Crippen MR) is 75.7 cm³/mol. The van der Waals surface area contributed by atoms with E-state index in [-0.39, 0.29) is 0 Å². The van der Waals surface area contributed by atoms with E-state index >= 15 is 0 Å². The smallest absolute Gasteiger partial charge is 0.203 e. The minimum Gasteiger partial charge on any atom is -0.493 e. The Bertz CT molecular complexity index is 373. The molecule has 1 rings (SSSR count). The molecule has 0 unspecified atom stereocenters. The van der Waals surface area contributed by atoms with Gasteiger partial charge < -0.3 is 29.4 Å². The highest BCUT2D eigenvalue weighted by Crippen LogP contribution is 2.36. The summed E-state index contributed by atoms with van der Waals surface area (Å²) in [5, 5.41) is 0. The van der Waals surface area contributed by atoms with Gasteiger partial charge in [0.25, 0.3) is 0 Å². The van der Waals surface area contributed by atoms with Gasteiger partial charge in [-0.05, 0) is 12.1 Å². The van der Waals surface area contributed by atoms with E-state index in [1.54, 1.807) is 14.2 Å². The van der Waals surface area contributed by atoms with Crippen molar-refractivity contribution >= 4 is 0 Å². The number of ether oxygens (including phenoxy) is 5. The number of rotatable bonds is 11. The lowest BCUT2D eigenvalue weighted by molar-refractivity contribution is 0.0384. The molecule has 0 aliphatic rings. The Balaban J connectivity index is 2.25. The first-order valence-corrected chi connectivity index (χ1v) is 6.52. The summed E-state index contributed by atoms with van der Waals surface area (Å²) in [5.74, 6) is 1.86. The predicted octanol–water partition coefficient (Wildman–Crippen LogP) is 1.07. The van der Waals surface area contributed by atoms with Crippen LogP contribution in [-0.4, -0.2) is 53.8 Å². The molecule has 0 fully saturated rings. The SMILES string of the molecule is COc1cccc(OCCOCCOCCN)c1OC. The maximum Gasteiger partial charge on any atom is 0.203 e. The zero-order chi connectivity index (χ0) is 14.6. The Hall–Kier alpha value is -1.50. The van der Waals surface area contributed by atoms with Gasteiger partial charge in [-0.15, -0.1) is 0 Å². The van der Waals surface area contributed by atoms with E-state index in [2.05, 4.69) is 0 Å². The summed E-state index contributed by atoms with van der Waals surface area (Å²) in [5.41, 5.74) is 5.30. The first kappa shape index (κ1) is 16.6. The molecule has 0 bridgehead atoms. The number of hydrogen-bond donors (Lipinski definition) is 1. The van der Waals surface area contributed by atoms with Gasteiger partial charge in [-0.25, -0.2) is 0 Å². The number of nitrogens with two attached hydrogens (primary N) is 1. The van der Waals surface area contributed by atoms with E-state index in [0.717, 1.165) is 0 Å². The Morgan fingerprint density at radius 2 is 1.50 bits per heavy atom. The Kier molecular flexibility index (Phi) is 8.53. The van der Waals surface area contributed by atoms with Gasteiger partial charge in [0, 0.05) is 6.54 Å². The summed E-state index contributed by atoms with van der Waals surface area (Å²) in [4.78, 5) is 0. The highest BCUT2D eigenvalue weighted by Gasteiger charge is 2.10.